The van der Waals surface area contributed by atoms with E-state index in [4.69, 9.17) is 16.0 Å². The van der Waals surface area contributed by atoms with Crippen LogP contribution in [0.4, 0.5) is 4.39 Å². The van der Waals surface area contributed by atoms with E-state index >= 15 is 0 Å². The van der Waals surface area contributed by atoms with Gasteiger partial charge in [0.25, 0.3) is 6.01 Å². The minimum atomic E-state index is -0.789. The van der Waals surface area contributed by atoms with Gasteiger partial charge in [-0.1, -0.05) is 11.6 Å². The molecule has 15 heavy (non-hydrogen) atoms. The number of methoxy groups -OCH3 is 1. The van der Waals surface area contributed by atoms with Crippen molar-refractivity contribution in [3.63, 3.8) is 0 Å². The highest BCUT2D eigenvalue weighted by Gasteiger charge is 2.16. The summed E-state index contributed by atoms with van der Waals surface area (Å²) in [7, 11) is 1.24. The minimum absolute atomic E-state index is 0.104. The fraction of sp³-hybridized carbons (Fsp3) is 0.100. The van der Waals surface area contributed by atoms with Crippen LogP contribution >= 0.6 is 11.6 Å². The first-order valence-corrected chi connectivity index (χ1v) is 4.47. The van der Waals surface area contributed by atoms with E-state index < -0.39 is 12.0 Å². The number of furan rings is 1. The van der Waals surface area contributed by atoms with Gasteiger partial charge in [-0.15, -0.1) is 0 Å². The van der Waals surface area contributed by atoms with Crippen molar-refractivity contribution in [2.24, 2.45) is 0 Å². The maximum Gasteiger partial charge on any atom is 0.341 e. The van der Waals surface area contributed by atoms with Crippen LogP contribution in [0.5, 0.6) is 0 Å². The number of halogens is 2. The van der Waals surface area contributed by atoms with Crippen molar-refractivity contribution in [1.82, 2.24) is 0 Å². The molecule has 0 spiro atoms. The zero-order valence-electron chi connectivity index (χ0n) is 7.71. The van der Waals surface area contributed by atoms with E-state index in [9.17, 15) is 9.18 Å². The van der Waals surface area contributed by atoms with E-state index in [0.29, 0.717) is 10.4 Å². The van der Waals surface area contributed by atoms with Gasteiger partial charge in [0.1, 0.15) is 5.56 Å². The predicted molar refractivity (Wildman–Crippen MR) is 52.5 cm³/mol. The second-order valence-corrected chi connectivity index (χ2v) is 3.29. The zero-order chi connectivity index (χ0) is 11.0. The van der Waals surface area contributed by atoms with Gasteiger partial charge in [-0.2, -0.15) is 4.39 Å². The summed E-state index contributed by atoms with van der Waals surface area (Å²) in [5, 5.41) is 0.683. The van der Waals surface area contributed by atoms with Gasteiger partial charge in [-0.3, -0.25) is 0 Å². The quantitative estimate of drug-likeness (QED) is 0.705. The predicted octanol–water partition coefficient (Wildman–Crippen LogP) is 3.01. The van der Waals surface area contributed by atoms with Gasteiger partial charge in [0, 0.05) is 11.5 Å². The Morgan fingerprint density at radius 2 is 2.27 bits per heavy atom. The van der Waals surface area contributed by atoms with Crippen molar-refractivity contribution in [1.29, 1.82) is 0 Å². The van der Waals surface area contributed by atoms with Gasteiger partial charge < -0.3 is 9.15 Å². The number of fused-ring (bicyclic) bond motifs is 1. The Kier molecular flexibility index (Phi) is 2.36. The Morgan fingerprint density at radius 3 is 2.93 bits per heavy atom. The molecular formula is C10H6ClFO3. The standard InChI is InChI=1S/C10H6ClFO3/c1-14-10(13)5-2-3-7(11)6-4-8(12)15-9(5)6/h2-4H,1H3. The van der Waals surface area contributed by atoms with E-state index in [-0.39, 0.29) is 11.1 Å². The minimum Gasteiger partial charge on any atom is -0.465 e. The highest BCUT2D eigenvalue weighted by atomic mass is 35.5. The third-order valence-corrected chi connectivity index (χ3v) is 2.34. The van der Waals surface area contributed by atoms with Crippen LogP contribution in [0.2, 0.25) is 5.02 Å². The van der Waals surface area contributed by atoms with Crippen LogP contribution in [0.25, 0.3) is 11.0 Å². The third kappa shape index (κ3) is 1.57. The molecule has 0 saturated heterocycles. The van der Waals surface area contributed by atoms with Crippen molar-refractivity contribution in [2.75, 3.05) is 7.11 Å². The zero-order valence-corrected chi connectivity index (χ0v) is 8.47. The van der Waals surface area contributed by atoms with E-state index in [1.54, 1.807) is 0 Å². The molecule has 0 unspecified atom stereocenters. The maximum absolute atomic E-state index is 12.9. The summed E-state index contributed by atoms with van der Waals surface area (Å²) in [5.41, 5.74) is 0.257. The fourth-order valence-corrected chi connectivity index (χ4v) is 1.53. The molecule has 0 N–H and O–H groups in total. The van der Waals surface area contributed by atoms with Crippen LogP contribution in [0, 0.1) is 6.01 Å². The summed E-state index contributed by atoms with van der Waals surface area (Å²) in [4.78, 5) is 11.3. The van der Waals surface area contributed by atoms with Crippen molar-refractivity contribution in [2.45, 2.75) is 0 Å². The lowest BCUT2D eigenvalue weighted by molar-refractivity contribution is 0.0601. The summed E-state index contributed by atoms with van der Waals surface area (Å²) in [6, 6.07) is 3.26. The summed E-state index contributed by atoms with van der Waals surface area (Å²) in [6.07, 6.45) is 0. The van der Waals surface area contributed by atoms with Crippen LogP contribution in [0.15, 0.2) is 22.6 Å². The molecular weight excluding hydrogens is 223 g/mol. The van der Waals surface area contributed by atoms with Gasteiger partial charge in [0.2, 0.25) is 0 Å². The number of carbonyl (C=O) groups is 1. The fourth-order valence-electron chi connectivity index (χ4n) is 1.33. The lowest BCUT2D eigenvalue weighted by atomic mass is 10.1. The van der Waals surface area contributed by atoms with Gasteiger partial charge in [-0.25, -0.2) is 4.79 Å². The molecule has 3 nitrogen and oxygen atoms in total. The topological polar surface area (TPSA) is 39.4 Å². The Hall–Kier alpha value is -1.55. The molecule has 1 heterocycles. The van der Waals surface area contributed by atoms with Crippen LogP contribution < -0.4 is 0 Å². The molecule has 0 bridgehead atoms. The smallest absolute Gasteiger partial charge is 0.341 e. The first-order chi connectivity index (χ1) is 7.13. The molecule has 78 valence electrons. The van der Waals surface area contributed by atoms with Crippen molar-refractivity contribution in [3.05, 3.63) is 34.8 Å². The molecule has 5 heteroatoms. The molecule has 2 aromatic rings. The Labute approximate surface area is 89.4 Å². The summed E-state index contributed by atoms with van der Waals surface area (Å²) in [5.74, 6) is -0.592. The number of esters is 1. The molecule has 0 radical (unpaired) electrons. The molecule has 2 rings (SSSR count). The number of hydrogen-bond donors (Lipinski definition) is 0. The Bertz CT molecular complexity index is 533. The number of rotatable bonds is 1. The van der Waals surface area contributed by atoms with Gasteiger partial charge in [0.05, 0.1) is 12.1 Å². The normalized spacial score (nSPS) is 10.6. The highest BCUT2D eigenvalue weighted by molar-refractivity contribution is 6.35. The second kappa shape index (κ2) is 3.55. The number of benzene rings is 1. The van der Waals surface area contributed by atoms with E-state index in [2.05, 4.69) is 4.74 Å². The monoisotopic (exact) mass is 228 g/mol. The lowest BCUT2D eigenvalue weighted by Gasteiger charge is -2.00. The van der Waals surface area contributed by atoms with Gasteiger partial charge in [0.15, 0.2) is 5.58 Å². The van der Waals surface area contributed by atoms with E-state index in [1.165, 1.54) is 19.2 Å². The van der Waals surface area contributed by atoms with Crippen molar-refractivity contribution >= 4 is 28.5 Å². The molecule has 0 saturated carbocycles. The summed E-state index contributed by atoms with van der Waals surface area (Å²) < 4.78 is 22.2. The number of carbonyl (C=O) groups excluding carboxylic acids is 1. The Balaban J connectivity index is 2.76. The highest BCUT2D eigenvalue weighted by Crippen LogP contribution is 2.29. The average molecular weight is 229 g/mol. The lowest BCUT2D eigenvalue weighted by Crippen LogP contribution is -2.01. The van der Waals surface area contributed by atoms with Gasteiger partial charge >= 0.3 is 5.97 Å². The largest absolute Gasteiger partial charge is 0.465 e. The van der Waals surface area contributed by atoms with E-state index in [0.717, 1.165) is 6.07 Å². The number of ether oxygens (including phenoxy) is 1. The average Bonchev–Trinajstić information content (AvgIpc) is 2.60. The van der Waals surface area contributed by atoms with Crippen LogP contribution in [0.3, 0.4) is 0 Å². The summed E-state index contributed by atoms with van der Waals surface area (Å²) in [6.45, 7) is 0. The van der Waals surface area contributed by atoms with E-state index in [1.807, 2.05) is 0 Å². The van der Waals surface area contributed by atoms with Crippen LogP contribution in [0.1, 0.15) is 10.4 Å². The van der Waals surface area contributed by atoms with Crippen LogP contribution in [-0.4, -0.2) is 13.1 Å². The molecule has 0 aliphatic carbocycles. The summed E-state index contributed by atoms with van der Waals surface area (Å²) >= 11 is 5.81. The molecule has 0 aliphatic rings. The molecule has 1 aromatic heterocycles. The first kappa shape index (κ1) is 9.98. The van der Waals surface area contributed by atoms with Gasteiger partial charge in [-0.05, 0) is 12.1 Å². The van der Waals surface area contributed by atoms with Crippen LogP contribution in [-0.2, 0) is 4.74 Å². The second-order valence-electron chi connectivity index (χ2n) is 2.88. The molecule has 0 aliphatic heterocycles. The third-order valence-electron chi connectivity index (χ3n) is 2.01. The molecule has 0 atom stereocenters. The van der Waals surface area contributed by atoms with Crippen molar-refractivity contribution < 1.29 is 18.3 Å². The van der Waals surface area contributed by atoms with Crippen molar-refractivity contribution in [3.8, 4) is 0 Å². The first-order valence-electron chi connectivity index (χ1n) is 4.09. The number of hydrogen-bond acceptors (Lipinski definition) is 3. The molecule has 1 aromatic carbocycles. The SMILES string of the molecule is COC(=O)c1ccc(Cl)c2cc(F)oc12. The molecule has 0 fully saturated rings. The maximum atomic E-state index is 12.9. The Morgan fingerprint density at radius 1 is 1.53 bits per heavy atom. The molecule has 0 amide bonds.